The zero-order valence-electron chi connectivity index (χ0n) is 6.91. The van der Waals surface area contributed by atoms with E-state index >= 15 is 0 Å². The van der Waals surface area contributed by atoms with Gasteiger partial charge in [0.15, 0.2) is 0 Å². The zero-order valence-corrected chi connectivity index (χ0v) is 6.91. The molecule has 0 aliphatic carbocycles. The maximum absolute atomic E-state index is 9.31. The van der Waals surface area contributed by atoms with E-state index in [0.717, 1.165) is 11.1 Å². The number of H-pyrrole nitrogens is 1. The first-order valence-corrected chi connectivity index (χ1v) is 4.02. The van der Waals surface area contributed by atoms with E-state index in [0.29, 0.717) is 0 Å². The van der Waals surface area contributed by atoms with E-state index in [1.165, 1.54) is 5.39 Å². The number of aliphatic hydroxyl groups excluding tert-OH is 1. The minimum atomic E-state index is -0.391. The molecule has 0 aliphatic rings. The van der Waals surface area contributed by atoms with Crippen molar-refractivity contribution in [2.75, 3.05) is 0 Å². The number of hydrogen-bond donors (Lipinski definition) is 2. The van der Waals surface area contributed by atoms with Crippen LogP contribution in [0.4, 0.5) is 0 Å². The molecule has 1 aromatic heterocycles. The second kappa shape index (κ2) is 2.64. The van der Waals surface area contributed by atoms with Gasteiger partial charge in [0, 0.05) is 11.7 Å². The number of aliphatic hydroxyl groups is 1. The van der Waals surface area contributed by atoms with Crippen molar-refractivity contribution in [2.24, 2.45) is 0 Å². The van der Waals surface area contributed by atoms with Crippen molar-refractivity contribution in [1.29, 1.82) is 0 Å². The molecule has 12 heavy (non-hydrogen) atoms. The third-order valence-electron chi connectivity index (χ3n) is 2.06. The Hall–Kier alpha value is -1.28. The third-order valence-corrected chi connectivity index (χ3v) is 2.06. The maximum atomic E-state index is 9.31. The number of aromatic nitrogens is 1. The molecule has 0 amide bonds. The number of aromatic amines is 1. The summed E-state index contributed by atoms with van der Waals surface area (Å²) in [5.74, 6) is 0. The Kier molecular flexibility index (Phi) is 1.62. The summed E-state index contributed by atoms with van der Waals surface area (Å²) >= 11 is 0. The fourth-order valence-electron chi connectivity index (χ4n) is 1.33. The Balaban J connectivity index is 2.60. The van der Waals surface area contributed by atoms with Crippen LogP contribution in [-0.2, 0) is 0 Å². The highest BCUT2D eigenvalue weighted by Gasteiger charge is 2.01. The predicted molar refractivity (Wildman–Crippen MR) is 48.9 cm³/mol. The van der Waals surface area contributed by atoms with Crippen LogP contribution >= 0.6 is 0 Å². The summed E-state index contributed by atoms with van der Waals surface area (Å²) in [6.45, 7) is 1.77. The molecule has 0 aliphatic heterocycles. The first kappa shape index (κ1) is 7.37. The highest BCUT2D eigenvalue weighted by atomic mass is 16.3. The van der Waals surface area contributed by atoms with E-state index in [4.69, 9.17) is 0 Å². The van der Waals surface area contributed by atoms with Crippen molar-refractivity contribution < 1.29 is 5.11 Å². The van der Waals surface area contributed by atoms with E-state index in [1.807, 2.05) is 30.5 Å². The molecule has 0 unspecified atom stereocenters. The van der Waals surface area contributed by atoms with Gasteiger partial charge in [-0.2, -0.15) is 0 Å². The fraction of sp³-hybridized carbons (Fsp3) is 0.200. The molecule has 1 atom stereocenters. The predicted octanol–water partition coefficient (Wildman–Crippen LogP) is 2.22. The molecule has 0 radical (unpaired) electrons. The van der Waals surface area contributed by atoms with Crippen LogP contribution in [-0.4, -0.2) is 10.1 Å². The minimum absolute atomic E-state index is 0.391. The molecular formula is C10H11NO. The van der Waals surface area contributed by atoms with Gasteiger partial charge in [-0.05, 0) is 30.0 Å². The summed E-state index contributed by atoms with van der Waals surface area (Å²) in [6.07, 6.45) is 1.51. The summed E-state index contributed by atoms with van der Waals surface area (Å²) in [6, 6.07) is 7.94. The SMILES string of the molecule is C[C@@H](O)c1ccc2cc[nH]c2c1. The lowest BCUT2D eigenvalue weighted by molar-refractivity contribution is 0.199. The first-order chi connectivity index (χ1) is 5.77. The van der Waals surface area contributed by atoms with Gasteiger partial charge in [0.05, 0.1) is 6.10 Å². The lowest BCUT2D eigenvalue weighted by atomic mass is 10.1. The molecule has 0 saturated heterocycles. The summed E-state index contributed by atoms with van der Waals surface area (Å²) in [4.78, 5) is 3.10. The number of fused-ring (bicyclic) bond motifs is 1. The molecule has 0 saturated carbocycles. The average Bonchev–Trinajstić information content (AvgIpc) is 2.49. The quantitative estimate of drug-likeness (QED) is 0.661. The van der Waals surface area contributed by atoms with Gasteiger partial charge in [-0.15, -0.1) is 0 Å². The van der Waals surface area contributed by atoms with Crippen LogP contribution in [0, 0.1) is 0 Å². The summed E-state index contributed by atoms with van der Waals surface area (Å²) in [5, 5.41) is 10.5. The van der Waals surface area contributed by atoms with E-state index in [2.05, 4.69) is 4.98 Å². The third kappa shape index (κ3) is 1.10. The molecule has 62 valence electrons. The molecule has 2 heteroatoms. The molecule has 2 aromatic rings. The van der Waals surface area contributed by atoms with Crippen molar-refractivity contribution >= 4 is 10.9 Å². The number of hydrogen-bond acceptors (Lipinski definition) is 1. The van der Waals surface area contributed by atoms with Crippen LogP contribution in [0.5, 0.6) is 0 Å². The highest BCUT2D eigenvalue weighted by Crippen LogP contribution is 2.18. The van der Waals surface area contributed by atoms with Crippen molar-refractivity contribution in [2.45, 2.75) is 13.0 Å². The second-order valence-electron chi connectivity index (χ2n) is 3.00. The number of nitrogens with one attached hydrogen (secondary N) is 1. The van der Waals surface area contributed by atoms with E-state index in [1.54, 1.807) is 6.92 Å². The van der Waals surface area contributed by atoms with Gasteiger partial charge in [-0.3, -0.25) is 0 Å². The van der Waals surface area contributed by atoms with Crippen molar-refractivity contribution in [3.63, 3.8) is 0 Å². The van der Waals surface area contributed by atoms with Gasteiger partial charge in [-0.1, -0.05) is 12.1 Å². The van der Waals surface area contributed by atoms with Gasteiger partial charge >= 0.3 is 0 Å². The summed E-state index contributed by atoms with van der Waals surface area (Å²) < 4.78 is 0. The fourth-order valence-corrected chi connectivity index (χ4v) is 1.33. The highest BCUT2D eigenvalue weighted by molar-refractivity contribution is 5.79. The van der Waals surface area contributed by atoms with E-state index in [9.17, 15) is 5.11 Å². The Morgan fingerprint density at radius 1 is 1.33 bits per heavy atom. The number of benzene rings is 1. The first-order valence-electron chi connectivity index (χ1n) is 4.02. The van der Waals surface area contributed by atoms with Crippen LogP contribution in [0.3, 0.4) is 0 Å². The van der Waals surface area contributed by atoms with Crippen LogP contribution in [0.15, 0.2) is 30.5 Å². The molecule has 1 aromatic carbocycles. The van der Waals surface area contributed by atoms with Crippen LogP contribution in [0.2, 0.25) is 0 Å². The Bertz CT molecular complexity index is 389. The minimum Gasteiger partial charge on any atom is -0.389 e. The van der Waals surface area contributed by atoms with E-state index < -0.39 is 6.10 Å². The standard InChI is InChI=1S/C10H11NO/c1-7(12)9-3-2-8-4-5-11-10(8)6-9/h2-7,11-12H,1H3/t7-/m1/s1. The number of rotatable bonds is 1. The van der Waals surface area contributed by atoms with Crippen molar-refractivity contribution in [3.8, 4) is 0 Å². The monoisotopic (exact) mass is 161 g/mol. The molecule has 2 nitrogen and oxygen atoms in total. The smallest absolute Gasteiger partial charge is 0.0762 e. The molecule has 0 spiro atoms. The second-order valence-corrected chi connectivity index (χ2v) is 3.00. The summed E-state index contributed by atoms with van der Waals surface area (Å²) in [5.41, 5.74) is 2.03. The topological polar surface area (TPSA) is 36.0 Å². The average molecular weight is 161 g/mol. The Morgan fingerprint density at radius 2 is 2.17 bits per heavy atom. The molecular weight excluding hydrogens is 150 g/mol. The lowest BCUT2D eigenvalue weighted by Gasteiger charge is -2.03. The molecule has 1 heterocycles. The van der Waals surface area contributed by atoms with E-state index in [-0.39, 0.29) is 0 Å². The van der Waals surface area contributed by atoms with Crippen molar-refractivity contribution in [1.82, 2.24) is 4.98 Å². The van der Waals surface area contributed by atoms with Gasteiger partial charge in [0.25, 0.3) is 0 Å². The Morgan fingerprint density at radius 3 is 2.92 bits per heavy atom. The Labute approximate surface area is 70.8 Å². The normalized spacial score (nSPS) is 13.5. The zero-order chi connectivity index (χ0) is 8.55. The van der Waals surface area contributed by atoms with Gasteiger partial charge in [0.2, 0.25) is 0 Å². The van der Waals surface area contributed by atoms with Crippen molar-refractivity contribution in [3.05, 3.63) is 36.0 Å². The van der Waals surface area contributed by atoms with Gasteiger partial charge in [0.1, 0.15) is 0 Å². The largest absolute Gasteiger partial charge is 0.389 e. The van der Waals surface area contributed by atoms with Gasteiger partial charge in [-0.25, -0.2) is 0 Å². The maximum Gasteiger partial charge on any atom is 0.0762 e. The molecule has 0 fully saturated rings. The van der Waals surface area contributed by atoms with Crippen LogP contribution in [0.25, 0.3) is 10.9 Å². The van der Waals surface area contributed by atoms with Crippen LogP contribution in [0.1, 0.15) is 18.6 Å². The molecule has 2 N–H and O–H groups in total. The molecule has 0 bridgehead atoms. The molecule has 2 rings (SSSR count). The van der Waals surface area contributed by atoms with Gasteiger partial charge < -0.3 is 10.1 Å². The lowest BCUT2D eigenvalue weighted by Crippen LogP contribution is -1.89. The van der Waals surface area contributed by atoms with Crippen LogP contribution < -0.4 is 0 Å². The summed E-state index contributed by atoms with van der Waals surface area (Å²) in [7, 11) is 0.